The number of hydrogen-bond acceptors (Lipinski definition) is 3. The summed E-state index contributed by atoms with van der Waals surface area (Å²) in [6.45, 7) is 0.732. The number of benzene rings is 2. The van der Waals surface area contributed by atoms with E-state index in [-0.39, 0.29) is 12.1 Å². The minimum absolute atomic E-state index is 0.0145. The topological polar surface area (TPSA) is 44.5 Å². The van der Waals surface area contributed by atoms with E-state index in [0.717, 1.165) is 30.1 Å². The maximum atomic E-state index is 6.05. The molecule has 1 saturated heterocycles. The third-order valence-electron chi connectivity index (χ3n) is 3.30. The molecule has 98 valence electrons. The van der Waals surface area contributed by atoms with E-state index in [2.05, 4.69) is 0 Å². The van der Waals surface area contributed by atoms with Gasteiger partial charge in [-0.3, -0.25) is 0 Å². The second-order valence-corrected chi connectivity index (χ2v) is 4.73. The van der Waals surface area contributed by atoms with Crippen molar-refractivity contribution < 1.29 is 9.47 Å². The Morgan fingerprint density at radius 3 is 2.53 bits per heavy atom. The Hall–Kier alpha value is -1.84. The fourth-order valence-electron chi connectivity index (χ4n) is 2.33. The summed E-state index contributed by atoms with van der Waals surface area (Å²) in [5.41, 5.74) is 7.13. The van der Waals surface area contributed by atoms with Crippen molar-refractivity contribution in [2.45, 2.75) is 18.6 Å². The Bertz CT molecular complexity index is 541. The van der Waals surface area contributed by atoms with Crippen molar-refractivity contribution in [2.75, 3.05) is 6.61 Å². The van der Waals surface area contributed by atoms with Crippen LogP contribution in [0.1, 0.15) is 18.1 Å². The smallest absolute Gasteiger partial charge is 0.127 e. The number of para-hydroxylation sites is 1. The van der Waals surface area contributed by atoms with Gasteiger partial charge in [0.15, 0.2) is 0 Å². The highest BCUT2D eigenvalue weighted by Gasteiger charge is 2.26. The normalized spacial score (nSPS) is 22.4. The summed E-state index contributed by atoms with van der Waals surface area (Å²) < 4.78 is 11.5. The van der Waals surface area contributed by atoms with Crippen LogP contribution < -0.4 is 10.5 Å². The molecule has 2 N–H and O–H groups in total. The first-order valence-corrected chi connectivity index (χ1v) is 6.53. The lowest BCUT2D eigenvalue weighted by molar-refractivity contribution is 0.105. The molecule has 0 amide bonds. The molecule has 0 spiro atoms. The third-order valence-corrected chi connectivity index (χ3v) is 3.30. The average Bonchev–Trinajstić information content (AvgIpc) is 2.86. The van der Waals surface area contributed by atoms with Gasteiger partial charge in [0.1, 0.15) is 11.5 Å². The van der Waals surface area contributed by atoms with Gasteiger partial charge in [0.25, 0.3) is 0 Å². The van der Waals surface area contributed by atoms with Crippen LogP contribution >= 0.6 is 0 Å². The molecule has 0 saturated carbocycles. The Labute approximate surface area is 113 Å². The zero-order valence-electron chi connectivity index (χ0n) is 10.7. The summed E-state index contributed by atoms with van der Waals surface area (Å²) in [5.74, 6) is 1.64. The monoisotopic (exact) mass is 255 g/mol. The lowest BCUT2D eigenvalue weighted by Crippen LogP contribution is -2.23. The predicted octanol–water partition coefficient (Wildman–Crippen LogP) is 3.27. The average molecular weight is 255 g/mol. The van der Waals surface area contributed by atoms with Gasteiger partial charge in [-0.25, -0.2) is 0 Å². The van der Waals surface area contributed by atoms with E-state index < -0.39 is 0 Å². The van der Waals surface area contributed by atoms with E-state index in [4.69, 9.17) is 15.2 Å². The molecule has 0 aliphatic carbocycles. The SMILES string of the molecule is NC1CCOC1c1cccc(Oc2ccccc2)c1. The molecule has 3 nitrogen and oxygen atoms in total. The van der Waals surface area contributed by atoms with Crippen molar-refractivity contribution in [3.8, 4) is 11.5 Å². The second kappa shape index (κ2) is 5.43. The van der Waals surface area contributed by atoms with Crippen molar-refractivity contribution in [1.29, 1.82) is 0 Å². The zero-order valence-corrected chi connectivity index (χ0v) is 10.7. The molecule has 2 unspecified atom stereocenters. The third kappa shape index (κ3) is 2.78. The van der Waals surface area contributed by atoms with Crippen LogP contribution in [0.2, 0.25) is 0 Å². The number of nitrogens with two attached hydrogens (primary N) is 1. The van der Waals surface area contributed by atoms with Gasteiger partial charge in [0.05, 0.1) is 6.10 Å². The fraction of sp³-hybridized carbons (Fsp3) is 0.250. The molecule has 2 atom stereocenters. The second-order valence-electron chi connectivity index (χ2n) is 4.73. The van der Waals surface area contributed by atoms with Gasteiger partial charge in [0, 0.05) is 12.6 Å². The first kappa shape index (κ1) is 12.2. The summed E-state index contributed by atoms with van der Waals surface area (Å²) in [6.07, 6.45) is 0.897. The number of rotatable bonds is 3. The van der Waals surface area contributed by atoms with E-state index >= 15 is 0 Å². The highest BCUT2D eigenvalue weighted by atomic mass is 16.5. The molecule has 2 aromatic rings. The summed E-state index contributed by atoms with van der Waals surface area (Å²) in [7, 11) is 0. The van der Waals surface area contributed by atoms with E-state index in [0.29, 0.717) is 0 Å². The van der Waals surface area contributed by atoms with Gasteiger partial charge in [-0.05, 0) is 36.2 Å². The maximum absolute atomic E-state index is 6.05. The van der Waals surface area contributed by atoms with Crippen LogP contribution in [-0.4, -0.2) is 12.6 Å². The van der Waals surface area contributed by atoms with Gasteiger partial charge in [-0.1, -0.05) is 30.3 Å². The van der Waals surface area contributed by atoms with Crippen LogP contribution in [0, 0.1) is 0 Å². The van der Waals surface area contributed by atoms with Crippen LogP contribution in [0.5, 0.6) is 11.5 Å². The van der Waals surface area contributed by atoms with Crippen molar-refractivity contribution in [2.24, 2.45) is 5.73 Å². The zero-order chi connectivity index (χ0) is 13.1. The van der Waals surface area contributed by atoms with Crippen molar-refractivity contribution in [1.82, 2.24) is 0 Å². The van der Waals surface area contributed by atoms with Crippen LogP contribution in [0.25, 0.3) is 0 Å². The van der Waals surface area contributed by atoms with Gasteiger partial charge in [-0.2, -0.15) is 0 Å². The van der Waals surface area contributed by atoms with Crippen LogP contribution in [-0.2, 0) is 4.74 Å². The maximum Gasteiger partial charge on any atom is 0.127 e. The van der Waals surface area contributed by atoms with Crippen LogP contribution in [0.3, 0.4) is 0 Å². The summed E-state index contributed by atoms with van der Waals surface area (Å²) in [6, 6.07) is 17.8. The lowest BCUT2D eigenvalue weighted by Gasteiger charge is -2.16. The first-order valence-electron chi connectivity index (χ1n) is 6.53. The van der Waals surface area contributed by atoms with Gasteiger partial charge < -0.3 is 15.2 Å². The van der Waals surface area contributed by atoms with Gasteiger partial charge in [0.2, 0.25) is 0 Å². The predicted molar refractivity (Wildman–Crippen MR) is 74.2 cm³/mol. The van der Waals surface area contributed by atoms with E-state index in [1.807, 2.05) is 54.6 Å². The van der Waals surface area contributed by atoms with Crippen LogP contribution in [0.4, 0.5) is 0 Å². The van der Waals surface area contributed by atoms with Crippen LogP contribution in [0.15, 0.2) is 54.6 Å². The fourth-order valence-corrected chi connectivity index (χ4v) is 2.33. The molecule has 1 heterocycles. The highest BCUT2D eigenvalue weighted by Crippen LogP contribution is 2.31. The number of ether oxygens (including phenoxy) is 2. The molecule has 1 fully saturated rings. The molecule has 3 heteroatoms. The molecule has 1 aliphatic heterocycles. The number of hydrogen-bond donors (Lipinski definition) is 1. The molecular weight excluding hydrogens is 238 g/mol. The van der Waals surface area contributed by atoms with Crippen molar-refractivity contribution >= 4 is 0 Å². The molecular formula is C16H17NO2. The molecule has 0 radical (unpaired) electrons. The largest absolute Gasteiger partial charge is 0.457 e. The molecule has 0 aromatic heterocycles. The Morgan fingerprint density at radius 2 is 1.79 bits per heavy atom. The molecule has 1 aliphatic rings. The summed E-state index contributed by atoms with van der Waals surface area (Å²) in [4.78, 5) is 0. The summed E-state index contributed by atoms with van der Waals surface area (Å²) in [5, 5.41) is 0. The van der Waals surface area contributed by atoms with Crippen molar-refractivity contribution in [3.05, 3.63) is 60.2 Å². The molecule has 2 aromatic carbocycles. The van der Waals surface area contributed by atoms with E-state index in [1.54, 1.807) is 0 Å². The highest BCUT2D eigenvalue weighted by molar-refractivity contribution is 5.35. The Balaban J connectivity index is 1.80. The minimum atomic E-state index is -0.0145. The quantitative estimate of drug-likeness (QED) is 0.915. The van der Waals surface area contributed by atoms with E-state index in [1.165, 1.54) is 0 Å². The molecule has 3 rings (SSSR count). The Kier molecular flexibility index (Phi) is 3.49. The Morgan fingerprint density at radius 1 is 1.00 bits per heavy atom. The first-order chi connectivity index (χ1) is 9.33. The molecule has 0 bridgehead atoms. The minimum Gasteiger partial charge on any atom is -0.457 e. The van der Waals surface area contributed by atoms with Gasteiger partial charge >= 0.3 is 0 Å². The lowest BCUT2D eigenvalue weighted by atomic mass is 10.0. The van der Waals surface area contributed by atoms with Crippen molar-refractivity contribution in [3.63, 3.8) is 0 Å². The standard InChI is InChI=1S/C16H17NO2/c17-15-9-10-18-16(15)12-5-4-8-14(11-12)19-13-6-2-1-3-7-13/h1-8,11,15-16H,9-10,17H2. The summed E-state index contributed by atoms with van der Waals surface area (Å²) >= 11 is 0. The van der Waals surface area contributed by atoms with E-state index in [9.17, 15) is 0 Å². The molecule has 19 heavy (non-hydrogen) atoms. The van der Waals surface area contributed by atoms with Gasteiger partial charge in [-0.15, -0.1) is 0 Å².